The van der Waals surface area contributed by atoms with E-state index < -0.39 is 11.0 Å². The Morgan fingerprint density at radius 1 is 1.33 bits per heavy atom. The van der Waals surface area contributed by atoms with Gasteiger partial charge in [0, 0.05) is 36.6 Å². The zero-order valence-electron chi connectivity index (χ0n) is 11.6. The van der Waals surface area contributed by atoms with Crippen LogP contribution >= 0.6 is 11.3 Å². The standard InChI is InChI=1S/C14H17N3O3S/c1-2-15-11-5-12(7-13(6-11)17(19)20)16-8-14(18)10-3-4-21-9-10/h3-7,9,14-16,18H,2,8H2,1H3. The molecular formula is C14H17N3O3S. The van der Waals surface area contributed by atoms with E-state index in [1.807, 2.05) is 23.8 Å². The summed E-state index contributed by atoms with van der Waals surface area (Å²) in [4.78, 5) is 10.5. The van der Waals surface area contributed by atoms with Gasteiger partial charge in [-0.2, -0.15) is 11.3 Å². The number of nitrogens with zero attached hydrogens (tertiary/aromatic N) is 1. The maximum atomic E-state index is 10.9. The van der Waals surface area contributed by atoms with Crippen molar-refractivity contribution < 1.29 is 10.0 Å². The van der Waals surface area contributed by atoms with E-state index in [1.54, 1.807) is 6.07 Å². The van der Waals surface area contributed by atoms with Crippen molar-refractivity contribution in [1.29, 1.82) is 0 Å². The maximum absolute atomic E-state index is 10.9. The minimum Gasteiger partial charge on any atom is -0.387 e. The first-order valence-corrected chi connectivity index (χ1v) is 7.52. The van der Waals surface area contributed by atoms with Crippen molar-refractivity contribution >= 4 is 28.4 Å². The maximum Gasteiger partial charge on any atom is 0.273 e. The number of hydrogen-bond donors (Lipinski definition) is 3. The van der Waals surface area contributed by atoms with Gasteiger partial charge in [0.05, 0.1) is 11.0 Å². The fourth-order valence-corrected chi connectivity index (χ4v) is 2.63. The Labute approximate surface area is 126 Å². The predicted octanol–water partition coefficient (Wildman–Crippen LogP) is 3.23. The van der Waals surface area contributed by atoms with Crippen molar-refractivity contribution in [3.63, 3.8) is 0 Å². The van der Waals surface area contributed by atoms with Crippen LogP contribution in [0.5, 0.6) is 0 Å². The van der Waals surface area contributed by atoms with Gasteiger partial charge in [0.2, 0.25) is 0 Å². The highest BCUT2D eigenvalue weighted by Gasteiger charge is 2.12. The van der Waals surface area contributed by atoms with Gasteiger partial charge in [0.15, 0.2) is 0 Å². The molecule has 1 heterocycles. The van der Waals surface area contributed by atoms with Crippen LogP contribution in [-0.2, 0) is 0 Å². The lowest BCUT2D eigenvalue weighted by Gasteiger charge is -2.13. The SMILES string of the molecule is CCNc1cc(NCC(O)c2ccsc2)cc([N+](=O)[O-])c1. The van der Waals surface area contributed by atoms with Crippen LogP contribution in [-0.4, -0.2) is 23.1 Å². The second-order valence-electron chi connectivity index (χ2n) is 4.51. The zero-order chi connectivity index (χ0) is 15.2. The number of benzene rings is 1. The topological polar surface area (TPSA) is 87.4 Å². The summed E-state index contributed by atoms with van der Waals surface area (Å²) < 4.78 is 0. The quantitative estimate of drug-likeness (QED) is 0.540. The molecule has 3 N–H and O–H groups in total. The summed E-state index contributed by atoms with van der Waals surface area (Å²) in [6, 6.07) is 6.59. The van der Waals surface area contributed by atoms with E-state index in [-0.39, 0.29) is 5.69 Å². The number of rotatable bonds is 7. The fraction of sp³-hybridized carbons (Fsp3) is 0.286. The van der Waals surface area contributed by atoms with Gasteiger partial charge in [-0.05, 0) is 35.4 Å². The Kier molecular flexibility index (Phi) is 5.13. The molecule has 7 heteroatoms. The molecule has 0 saturated heterocycles. The van der Waals surface area contributed by atoms with Crippen LogP contribution in [0.2, 0.25) is 0 Å². The molecule has 0 aliphatic rings. The molecule has 1 aromatic heterocycles. The van der Waals surface area contributed by atoms with Gasteiger partial charge < -0.3 is 15.7 Å². The summed E-state index contributed by atoms with van der Waals surface area (Å²) in [6.07, 6.45) is -0.641. The van der Waals surface area contributed by atoms with E-state index in [2.05, 4.69) is 10.6 Å². The van der Waals surface area contributed by atoms with Crippen molar-refractivity contribution in [2.75, 3.05) is 23.7 Å². The highest BCUT2D eigenvalue weighted by Crippen LogP contribution is 2.25. The summed E-state index contributed by atoms with van der Waals surface area (Å²) in [6.45, 7) is 2.90. The number of aliphatic hydroxyl groups excluding tert-OH is 1. The van der Waals surface area contributed by atoms with Crippen molar-refractivity contribution in [2.45, 2.75) is 13.0 Å². The Morgan fingerprint density at radius 3 is 2.62 bits per heavy atom. The van der Waals surface area contributed by atoms with Crippen molar-refractivity contribution in [3.05, 3.63) is 50.7 Å². The lowest BCUT2D eigenvalue weighted by Crippen LogP contribution is -2.12. The summed E-state index contributed by atoms with van der Waals surface area (Å²) in [5.41, 5.74) is 2.14. The van der Waals surface area contributed by atoms with Crippen LogP contribution in [0.3, 0.4) is 0 Å². The van der Waals surface area contributed by atoms with E-state index in [9.17, 15) is 15.2 Å². The molecule has 21 heavy (non-hydrogen) atoms. The third-order valence-corrected chi connectivity index (χ3v) is 3.64. The lowest BCUT2D eigenvalue weighted by molar-refractivity contribution is -0.384. The Morgan fingerprint density at radius 2 is 2.05 bits per heavy atom. The number of nitro groups is 1. The van der Waals surface area contributed by atoms with Gasteiger partial charge in [0.1, 0.15) is 0 Å². The molecule has 0 spiro atoms. The molecule has 0 radical (unpaired) electrons. The molecule has 0 bridgehead atoms. The Balaban J connectivity index is 2.09. The lowest BCUT2D eigenvalue weighted by atomic mass is 10.2. The van der Waals surface area contributed by atoms with Crippen molar-refractivity contribution in [1.82, 2.24) is 0 Å². The van der Waals surface area contributed by atoms with Gasteiger partial charge in [-0.1, -0.05) is 0 Å². The molecule has 0 fully saturated rings. The summed E-state index contributed by atoms with van der Waals surface area (Å²) in [5.74, 6) is 0. The van der Waals surface area contributed by atoms with Crippen LogP contribution in [0.4, 0.5) is 17.1 Å². The smallest absolute Gasteiger partial charge is 0.273 e. The summed E-state index contributed by atoms with van der Waals surface area (Å²) in [5, 5.41) is 30.8. The van der Waals surface area contributed by atoms with E-state index >= 15 is 0 Å². The number of thiophene rings is 1. The first-order chi connectivity index (χ1) is 10.1. The van der Waals surface area contributed by atoms with Gasteiger partial charge in [0.25, 0.3) is 5.69 Å². The summed E-state index contributed by atoms with van der Waals surface area (Å²) in [7, 11) is 0. The molecule has 0 saturated carbocycles. The summed E-state index contributed by atoms with van der Waals surface area (Å²) >= 11 is 1.52. The normalized spacial score (nSPS) is 11.9. The number of hydrogen-bond acceptors (Lipinski definition) is 6. The van der Waals surface area contributed by atoms with Crippen molar-refractivity contribution in [3.8, 4) is 0 Å². The zero-order valence-corrected chi connectivity index (χ0v) is 12.4. The van der Waals surface area contributed by atoms with E-state index in [0.29, 0.717) is 24.5 Å². The molecule has 0 amide bonds. The minimum absolute atomic E-state index is 0.0148. The van der Waals surface area contributed by atoms with Crippen LogP contribution in [0.25, 0.3) is 0 Å². The molecule has 1 aromatic carbocycles. The molecule has 0 aliphatic carbocycles. The highest BCUT2D eigenvalue weighted by molar-refractivity contribution is 7.07. The third kappa shape index (κ3) is 4.17. The molecule has 1 atom stereocenters. The number of nitro benzene ring substituents is 1. The first-order valence-electron chi connectivity index (χ1n) is 6.57. The minimum atomic E-state index is -0.641. The van der Waals surface area contributed by atoms with Crippen LogP contribution < -0.4 is 10.6 Å². The number of nitrogens with one attached hydrogen (secondary N) is 2. The second kappa shape index (κ2) is 7.05. The van der Waals surface area contributed by atoms with Crippen LogP contribution in [0.1, 0.15) is 18.6 Å². The monoisotopic (exact) mass is 307 g/mol. The van der Waals surface area contributed by atoms with Gasteiger partial charge in [-0.3, -0.25) is 10.1 Å². The van der Waals surface area contributed by atoms with Crippen LogP contribution in [0.15, 0.2) is 35.0 Å². The Bertz CT molecular complexity index is 602. The molecule has 112 valence electrons. The van der Waals surface area contributed by atoms with E-state index in [1.165, 1.54) is 23.5 Å². The third-order valence-electron chi connectivity index (χ3n) is 2.94. The average Bonchev–Trinajstić information content (AvgIpc) is 2.99. The fourth-order valence-electron chi connectivity index (χ4n) is 1.92. The molecular weight excluding hydrogens is 290 g/mol. The molecule has 6 nitrogen and oxygen atoms in total. The number of aliphatic hydroxyl groups is 1. The van der Waals surface area contributed by atoms with Gasteiger partial charge in [-0.25, -0.2) is 0 Å². The van der Waals surface area contributed by atoms with Crippen molar-refractivity contribution in [2.24, 2.45) is 0 Å². The number of non-ortho nitro benzene ring substituents is 1. The molecule has 1 unspecified atom stereocenters. The van der Waals surface area contributed by atoms with E-state index in [0.717, 1.165) is 5.56 Å². The van der Waals surface area contributed by atoms with Crippen LogP contribution in [0, 0.1) is 10.1 Å². The number of anilines is 2. The Hall–Kier alpha value is -2.12. The second-order valence-corrected chi connectivity index (χ2v) is 5.29. The van der Waals surface area contributed by atoms with Gasteiger partial charge >= 0.3 is 0 Å². The van der Waals surface area contributed by atoms with E-state index in [4.69, 9.17) is 0 Å². The largest absolute Gasteiger partial charge is 0.387 e. The first kappa shape index (κ1) is 15.3. The predicted molar refractivity (Wildman–Crippen MR) is 85.0 cm³/mol. The average molecular weight is 307 g/mol. The molecule has 2 aromatic rings. The van der Waals surface area contributed by atoms with Gasteiger partial charge in [-0.15, -0.1) is 0 Å². The molecule has 0 aliphatic heterocycles. The highest BCUT2D eigenvalue weighted by atomic mass is 32.1. The molecule has 2 rings (SSSR count).